The normalized spacial score (nSPS) is 12.6. The number of aromatic nitrogens is 1. The number of hydrogen-bond donors (Lipinski definition) is 0. The number of thioether (sulfide) groups is 1. The number of rotatable bonds is 5. The van der Waals surface area contributed by atoms with Gasteiger partial charge in [0.1, 0.15) is 19.0 Å². The predicted molar refractivity (Wildman–Crippen MR) is 108 cm³/mol. The van der Waals surface area contributed by atoms with Crippen LogP contribution in [0.2, 0.25) is 0 Å². The summed E-state index contributed by atoms with van der Waals surface area (Å²) in [5.41, 5.74) is 1.03. The SMILES string of the molecule is CC(=O)N(c1nc(CSc2ccc3c(c2)OCCO3)cs1)c1ccccc1F. The minimum absolute atomic E-state index is 0.204. The van der Waals surface area contributed by atoms with Crippen LogP contribution >= 0.6 is 23.1 Å². The third kappa shape index (κ3) is 3.98. The van der Waals surface area contributed by atoms with E-state index in [-0.39, 0.29) is 11.6 Å². The summed E-state index contributed by atoms with van der Waals surface area (Å²) in [6.07, 6.45) is 0. The molecule has 0 N–H and O–H groups in total. The maximum absolute atomic E-state index is 14.2. The Morgan fingerprint density at radius 3 is 2.79 bits per heavy atom. The second-order valence-corrected chi connectivity index (χ2v) is 7.91. The number of benzene rings is 2. The molecule has 1 aliphatic rings. The highest BCUT2D eigenvalue weighted by molar-refractivity contribution is 7.98. The van der Waals surface area contributed by atoms with Crippen molar-refractivity contribution in [3.8, 4) is 11.5 Å². The molecule has 1 aromatic heterocycles. The molecule has 144 valence electrons. The van der Waals surface area contributed by atoms with Gasteiger partial charge >= 0.3 is 0 Å². The van der Waals surface area contributed by atoms with E-state index in [0.29, 0.717) is 24.1 Å². The largest absolute Gasteiger partial charge is 0.486 e. The summed E-state index contributed by atoms with van der Waals surface area (Å²) in [6, 6.07) is 12.0. The van der Waals surface area contributed by atoms with E-state index < -0.39 is 5.82 Å². The Bertz CT molecular complexity index is 1010. The summed E-state index contributed by atoms with van der Waals surface area (Å²) < 4.78 is 25.3. The van der Waals surface area contributed by atoms with Gasteiger partial charge in [-0.05, 0) is 30.3 Å². The Balaban J connectivity index is 1.49. The van der Waals surface area contributed by atoms with Crippen molar-refractivity contribution in [3.63, 3.8) is 0 Å². The van der Waals surface area contributed by atoms with E-state index in [0.717, 1.165) is 22.1 Å². The molecule has 0 fully saturated rings. The minimum Gasteiger partial charge on any atom is -0.486 e. The van der Waals surface area contributed by atoms with Gasteiger partial charge in [-0.2, -0.15) is 0 Å². The molecule has 1 amide bonds. The molecule has 0 radical (unpaired) electrons. The number of carbonyl (C=O) groups is 1. The molecule has 0 bridgehead atoms. The van der Waals surface area contributed by atoms with Gasteiger partial charge in [0.15, 0.2) is 16.6 Å². The number of thiazole rings is 1. The number of halogens is 1. The first-order chi connectivity index (χ1) is 13.6. The molecule has 3 aromatic rings. The number of para-hydroxylation sites is 1. The maximum Gasteiger partial charge on any atom is 0.230 e. The number of carbonyl (C=O) groups excluding carboxylic acids is 1. The molecule has 0 saturated carbocycles. The van der Waals surface area contributed by atoms with Crippen molar-refractivity contribution < 1.29 is 18.7 Å². The molecule has 5 nitrogen and oxygen atoms in total. The number of anilines is 2. The van der Waals surface area contributed by atoms with Crippen molar-refractivity contribution >= 4 is 39.8 Å². The molecule has 0 saturated heterocycles. The smallest absolute Gasteiger partial charge is 0.230 e. The molecule has 0 atom stereocenters. The van der Waals surface area contributed by atoms with E-state index in [4.69, 9.17) is 9.47 Å². The molecule has 0 unspecified atom stereocenters. The third-order valence-corrected chi connectivity index (χ3v) is 5.94. The average molecular weight is 416 g/mol. The van der Waals surface area contributed by atoms with Crippen LogP contribution in [0, 0.1) is 5.82 Å². The van der Waals surface area contributed by atoms with Gasteiger partial charge in [0.2, 0.25) is 5.91 Å². The Morgan fingerprint density at radius 2 is 2.00 bits per heavy atom. The minimum atomic E-state index is -0.458. The zero-order valence-electron chi connectivity index (χ0n) is 15.1. The first kappa shape index (κ1) is 18.8. The Hall–Kier alpha value is -2.58. The number of fused-ring (bicyclic) bond motifs is 1. The van der Waals surface area contributed by atoms with Crippen molar-refractivity contribution in [1.29, 1.82) is 0 Å². The summed E-state index contributed by atoms with van der Waals surface area (Å²) >= 11 is 2.93. The van der Waals surface area contributed by atoms with Gasteiger partial charge in [-0.1, -0.05) is 12.1 Å². The zero-order chi connectivity index (χ0) is 19.5. The average Bonchev–Trinajstić information content (AvgIpc) is 3.16. The second-order valence-electron chi connectivity index (χ2n) is 6.02. The van der Waals surface area contributed by atoms with Crippen LogP contribution < -0.4 is 14.4 Å². The Morgan fingerprint density at radius 1 is 1.21 bits per heavy atom. The fourth-order valence-electron chi connectivity index (χ4n) is 2.78. The molecule has 2 aromatic carbocycles. The molecule has 1 aliphatic heterocycles. The lowest BCUT2D eigenvalue weighted by atomic mass is 10.3. The molecular formula is C20H17FN2O3S2. The van der Waals surface area contributed by atoms with E-state index in [2.05, 4.69) is 4.98 Å². The van der Waals surface area contributed by atoms with Gasteiger partial charge in [-0.25, -0.2) is 9.37 Å². The molecule has 2 heterocycles. The van der Waals surface area contributed by atoms with Crippen LogP contribution in [0.5, 0.6) is 11.5 Å². The molecule has 8 heteroatoms. The van der Waals surface area contributed by atoms with Crippen LogP contribution in [0.4, 0.5) is 15.2 Å². The molecule has 0 aliphatic carbocycles. The van der Waals surface area contributed by atoms with Gasteiger partial charge in [0.25, 0.3) is 0 Å². The lowest BCUT2D eigenvalue weighted by Gasteiger charge is -2.18. The number of hydrogen-bond acceptors (Lipinski definition) is 6. The highest BCUT2D eigenvalue weighted by Gasteiger charge is 2.21. The molecule has 28 heavy (non-hydrogen) atoms. The lowest BCUT2D eigenvalue weighted by Crippen LogP contribution is -2.23. The second kappa shape index (κ2) is 8.20. The van der Waals surface area contributed by atoms with Crippen molar-refractivity contribution in [2.75, 3.05) is 18.1 Å². The van der Waals surface area contributed by atoms with Gasteiger partial charge < -0.3 is 9.47 Å². The van der Waals surface area contributed by atoms with E-state index in [1.54, 1.807) is 30.0 Å². The fraction of sp³-hybridized carbons (Fsp3) is 0.200. The van der Waals surface area contributed by atoms with Gasteiger partial charge in [-0.15, -0.1) is 23.1 Å². The quantitative estimate of drug-likeness (QED) is 0.546. The highest BCUT2D eigenvalue weighted by Crippen LogP contribution is 2.36. The molecule has 0 spiro atoms. The third-order valence-electron chi connectivity index (χ3n) is 4.04. The summed E-state index contributed by atoms with van der Waals surface area (Å²) in [7, 11) is 0. The summed E-state index contributed by atoms with van der Waals surface area (Å²) in [5.74, 6) is 1.38. The van der Waals surface area contributed by atoms with E-state index in [1.165, 1.54) is 29.2 Å². The van der Waals surface area contributed by atoms with Crippen LogP contribution in [0.25, 0.3) is 0 Å². The fourth-order valence-corrected chi connectivity index (χ4v) is 4.58. The van der Waals surface area contributed by atoms with Crippen LogP contribution in [-0.4, -0.2) is 24.1 Å². The van der Waals surface area contributed by atoms with Crippen LogP contribution in [-0.2, 0) is 10.5 Å². The van der Waals surface area contributed by atoms with Crippen LogP contribution in [0.3, 0.4) is 0 Å². The van der Waals surface area contributed by atoms with Crippen LogP contribution in [0.1, 0.15) is 12.6 Å². The number of nitrogens with zero attached hydrogens (tertiary/aromatic N) is 2. The van der Waals surface area contributed by atoms with Crippen LogP contribution in [0.15, 0.2) is 52.7 Å². The van der Waals surface area contributed by atoms with Gasteiger partial charge in [0.05, 0.1) is 11.4 Å². The predicted octanol–water partition coefficient (Wildman–Crippen LogP) is 5.03. The summed E-state index contributed by atoms with van der Waals surface area (Å²) in [6.45, 7) is 2.51. The summed E-state index contributed by atoms with van der Waals surface area (Å²) in [5, 5.41) is 2.34. The molecular weight excluding hydrogens is 399 g/mol. The lowest BCUT2D eigenvalue weighted by molar-refractivity contribution is -0.115. The standard InChI is InChI=1S/C20H17FN2O3S2/c1-13(24)23(17-5-3-2-4-16(17)21)20-22-14(12-28-20)11-27-15-6-7-18-19(10-15)26-9-8-25-18/h2-7,10,12H,8-9,11H2,1H3. The van der Waals surface area contributed by atoms with E-state index in [9.17, 15) is 9.18 Å². The Kier molecular flexibility index (Phi) is 5.50. The summed E-state index contributed by atoms with van der Waals surface area (Å²) in [4.78, 5) is 19.0. The highest BCUT2D eigenvalue weighted by atomic mass is 32.2. The van der Waals surface area contributed by atoms with Crippen molar-refractivity contribution in [2.24, 2.45) is 0 Å². The van der Waals surface area contributed by atoms with E-state index >= 15 is 0 Å². The first-order valence-corrected chi connectivity index (χ1v) is 10.5. The zero-order valence-corrected chi connectivity index (χ0v) is 16.7. The van der Waals surface area contributed by atoms with Gasteiger partial charge in [-0.3, -0.25) is 9.69 Å². The molecule has 4 rings (SSSR count). The Labute approximate surface area is 170 Å². The topological polar surface area (TPSA) is 51.7 Å². The van der Waals surface area contributed by atoms with Gasteiger partial charge in [0, 0.05) is 23.0 Å². The number of ether oxygens (including phenoxy) is 2. The van der Waals surface area contributed by atoms with Crippen molar-refractivity contribution in [1.82, 2.24) is 4.98 Å². The van der Waals surface area contributed by atoms with E-state index in [1.807, 2.05) is 23.6 Å². The monoisotopic (exact) mass is 416 g/mol. The van der Waals surface area contributed by atoms with Crippen molar-refractivity contribution in [3.05, 3.63) is 59.4 Å². The maximum atomic E-state index is 14.2. The number of amides is 1. The van der Waals surface area contributed by atoms with Crippen molar-refractivity contribution in [2.45, 2.75) is 17.6 Å². The first-order valence-electron chi connectivity index (χ1n) is 8.64.